The van der Waals surface area contributed by atoms with Crippen LogP contribution in [0.25, 0.3) is 11.3 Å². The number of benzene rings is 3. The van der Waals surface area contributed by atoms with Crippen molar-refractivity contribution in [2.75, 3.05) is 41.4 Å². The number of hydrogen-bond acceptors (Lipinski definition) is 7. The number of hydrogen-bond donors (Lipinski definition) is 3. The molecule has 0 aliphatic carbocycles. The van der Waals surface area contributed by atoms with Gasteiger partial charge in [-0.15, -0.1) is 0 Å². The van der Waals surface area contributed by atoms with Crippen molar-refractivity contribution in [3.63, 3.8) is 0 Å². The van der Waals surface area contributed by atoms with Crippen molar-refractivity contribution >= 4 is 56.1 Å². The van der Waals surface area contributed by atoms with Gasteiger partial charge < -0.3 is 20.7 Å². The van der Waals surface area contributed by atoms with Gasteiger partial charge in [-0.2, -0.15) is 0 Å². The van der Waals surface area contributed by atoms with Gasteiger partial charge in [0.25, 0.3) is 5.91 Å². The third-order valence-electron chi connectivity index (χ3n) is 5.98. The van der Waals surface area contributed by atoms with E-state index < -0.39 is 21.9 Å². The lowest BCUT2D eigenvalue weighted by Gasteiger charge is -2.22. The molecule has 0 radical (unpaired) electrons. The van der Waals surface area contributed by atoms with E-state index in [1.54, 1.807) is 49.4 Å². The van der Waals surface area contributed by atoms with Crippen LogP contribution < -0.4 is 20.3 Å². The van der Waals surface area contributed by atoms with Gasteiger partial charge in [0.2, 0.25) is 15.9 Å². The van der Waals surface area contributed by atoms with E-state index in [-0.39, 0.29) is 19.1 Å². The molecule has 0 unspecified atom stereocenters. The summed E-state index contributed by atoms with van der Waals surface area (Å²) in [6, 6.07) is 20.7. The minimum Gasteiger partial charge on any atom is -0.462 e. The number of nitrogens with zero attached hydrogens (tertiary/aromatic N) is 1. The van der Waals surface area contributed by atoms with Crippen LogP contribution in [0, 0.1) is 0 Å². The average molecular weight is 549 g/mol. The van der Waals surface area contributed by atoms with Crippen LogP contribution in [0.4, 0.5) is 17.1 Å². The fourth-order valence-electron chi connectivity index (χ4n) is 4.11. The molecule has 0 spiro atoms. The van der Waals surface area contributed by atoms with E-state index in [1.807, 2.05) is 30.3 Å². The number of nitrogens with one attached hydrogen (secondary N) is 3. The molecule has 3 aromatic rings. The van der Waals surface area contributed by atoms with E-state index >= 15 is 0 Å². The largest absolute Gasteiger partial charge is 0.462 e. The van der Waals surface area contributed by atoms with Crippen LogP contribution in [0.15, 0.2) is 72.8 Å². The monoisotopic (exact) mass is 548 g/mol. The second-order valence-electron chi connectivity index (χ2n) is 8.67. The molecule has 202 valence electrons. The molecule has 4 rings (SSSR count). The summed E-state index contributed by atoms with van der Waals surface area (Å²) in [5.74, 6) is -1.27. The molecule has 39 heavy (non-hydrogen) atoms. The fourth-order valence-corrected chi connectivity index (χ4v) is 4.97. The van der Waals surface area contributed by atoms with Crippen LogP contribution in [0.2, 0.25) is 0 Å². The molecular weight excluding hydrogens is 520 g/mol. The number of sulfonamides is 1. The molecule has 1 aliphatic heterocycles. The number of ether oxygens (including phenoxy) is 1. The Morgan fingerprint density at radius 2 is 1.67 bits per heavy atom. The van der Waals surface area contributed by atoms with Crippen LogP contribution >= 0.6 is 0 Å². The van der Waals surface area contributed by atoms with Crippen molar-refractivity contribution in [2.45, 2.75) is 6.92 Å². The van der Waals surface area contributed by atoms with Crippen molar-refractivity contribution in [3.8, 4) is 0 Å². The molecular formula is C28H28N4O6S. The second-order valence-corrected chi connectivity index (χ2v) is 10.6. The number of anilines is 3. The van der Waals surface area contributed by atoms with Gasteiger partial charge in [-0.3, -0.25) is 13.9 Å². The van der Waals surface area contributed by atoms with Gasteiger partial charge in [0, 0.05) is 18.3 Å². The van der Waals surface area contributed by atoms with E-state index in [4.69, 9.17) is 4.74 Å². The summed E-state index contributed by atoms with van der Waals surface area (Å²) in [5.41, 5.74) is 3.98. The van der Waals surface area contributed by atoms with Crippen LogP contribution in [0.3, 0.4) is 0 Å². The minimum absolute atomic E-state index is 0.238. The Bertz CT molecular complexity index is 1550. The molecule has 0 saturated carbocycles. The highest BCUT2D eigenvalue weighted by atomic mass is 32.2. The second kappa shape index (κ2) is 11.4. The summed E-state index contributed by atoms with van der Waals surface area (Å²) >= 11 is 0. The smallest absolute Gasteiger partial charge is 0.338 e. The quantitative estimate of drug-likeness (QED) is 0.276. The molecule has 0 bridgehead atoms. The lowest BCUT2D eigenvalue weighted by Crippen LogP contribution is -2.39. The molecule has 3 N–H and O–H groups in total. The Morgan fingerprint density at radius 3 is 2.28 bits per heavy atom. The van der Waals surface area contributed by atoms with Crippen LogP contribution in [-0.4, -0.2) is 52.7 Å². The Hall–Kier alpha value is -4.64. The third kappa shape index (κ3) is 6.10. The number of carbonyl (C=O) groups excluding carboxylic acids is 3. The van der Waals surface area contributed by atoms with E-state index in [0.29, 0.717) is 39.5 Å². The Balaban J connectivity index is 1.74. The minimum atomic E-state index is -3.71. The molecule has 0 saturated heterocycles. The first-order valence-corrected chi connectivity index (χ1v) is 13.9. The Kier molecular flexibility index (Phi) is 8.01. The molecule has 2 amide bonds. The maximum Gasteiger partial charge on any atom is 0.338 e. The first-order valence-electron chi connectivity index (χ1n) is 12.1. The first-order chi connectivity index (χ1) is 18.6. The molecule has 10 nitrogen and oxygen atoms in total. The van der Waals surface area contributed by atoms with Gasteiger partial charge in [0.15, 0.2) is 0 Å². The number of likely N-dealkylation sites (N-methyl/N-ethyl adjacent to an activating group) is 1. The first kappa shape index (κ1) is 27.4. The predicted molar refractivity (Wildman–Crippen MR) is 151 cm³/mol. The number of carbonyl (C=O) groups is 3. The van der Waals surface area contributed by atoms with Crippen molar-refractivity contribution < 1.29 is 27.5 Å². The summed E-state index contributed by atoms with van der Waals surface area (Å²) in [6.07, 6.45) is 1.03. The lowest BCUT2D eigenvalue weighted by atomic mass is 9.99. The topological polar surface area (TPSA) is 134 Å². The van der Waals surface area contributed by atoms with Gasteiger partial charge in [0.05, 0.1) is 41.1 Å². The van der Waals surface area contributed by atoms with Crippen LogP contribution in [0.5, 0.6) is 0 Å². The molecule has 3 aromatic carbocycles. The SMILES string of the molecule is CCOC(=O)c1ccc2c(c1)NC(=O)/C2=C(\Nc1ccc(N(CC(=O)NC)S(C)(=O)=O)cc1)c1ccccc1. The zero-order chi connectivity index (χ0) is 28.2. The van der Waals surface area contributed by atoms with E-state index in [1.165, 1.54) is 7.05 Å². The van der Waals surface area contributed by atoms with Crippen molar-refractivity contribution in [1.82, 2.24) is 5.32 Å². The molecule has 0 aromatic heterocycles. The Labute approximate surface area is 226 Å². The molecule has 0 atom stereocenters. The van der Waals surface area contributed by atoms with Gasteiger partial charge in [-0.05, 0) is 48.9 Å². The van der Waals surface area contributed by atoms with Crippen molar-refractivity contribution in [1.29, 1.82) is 0 Å². The third-order valence-corrected chi connectivity index (χ3v) is 7.12. The summed E-state index contributed by atoms with van der Waals surface area (Å²) in [4.78, 5) is 37.3. The van der Waals surface area contributed by atoms with Gasteiger partial charge >= 0.3 is 5.97 Å². The Morgan fingerprint density at radius 1 is 0.974 bits per heavy atom. The van der Waals surface area contributed by atoms with Crippen LogP contribution in [-0.2, 0) is 24.3 Å². The summed E-state index contributed by atoms with van der Waals surface area (Å²) in [5, 5.41) is 8.56. The van der Waals surface area contributed by atoms with Gasteiger partial charge in [0.1, 0.15) is 6.54 Å². The molecule has 0 fully saturated rings. The van der Waals surface area contributed by atoms with Crippen molar-refractivity contribution in [2.24, 2.45) is 0 Å². The maximum absolute atomic E-state index is 13.2. The molecule has 11 heteroatoms. The van der Waals surface area contributed by atoms with Gasteiger partial charge in [-0.25, -0.2) is 13.2 Å². The lowest BCUT2D eigenvalue weighted by molar-refractivity contribution is -0.119. The standard InChI is InChI=1S/C28H28N4O6S/c1-4-38-28(35)19-10-15-22-23(16-19)31-27(34)25(22)26(18-8-6-5-7-9-18)30-20-11-13-21(14-12-20)32(39(3,36)37)17-24(33)29-2/h5-16,30H,4,17H2,1-3H3,(H,29,33)(H,31,34)/b26-25-. The zero-order valence-corrected chi connectivity index (χ0v) is 22.5. The number of rotatable bonds is 9. The highest BCUT2D eigenvalue weighted by Gasteiger charge is 2.29. The van der Waals surface area contributed by atoms with Crippen LogP contribution in [0.1, 0.15) is 28.4 Å². The van der Waals surface area contributed by atoms with Gasteiger partial charge in [-0.1, -0.05) is 36.4 Å². The summed E-state index contributed by atoms with van der Waals surface area (Å²) < 4.78 is 30.7. The molecule has 1 aliphatic rings. The van der Waals surface area contributed by atoms with E-state index in [2.05, 4.69) is 16.0 Å². The number of esters is 1. The zero-order valence-electron chi connectivity index (χ0n) is 21.6. The summed E-state index contributed by atoms with van der Waals surface area (Å²) in [6.45, 7) is 1.60. The number of amides is 2. The maximum atomic E-state index is 13.2. The number of fused-ring (bicyclic) bond motifs is 1. The predicted octanol–water partition coefficient (Wildman–Crippen LogP) is 3.31. The van der Waals surface area contributed by atoms with Crippen molar-refractivity contribution in [3.05, 3.63) is 89.5 Å². The normalized spacial score (nSPS) is 13.7. The molecule has 1 heterocycles. The summed E-state index contributed by atoms with van der Waals surface area (Å²) in [7, 11) is -2.28. The fraction of sp³-hybridized carbons (Fsp3) is 0.179. The average Bonchev–Trinajstić information content (AvgIpc) is 3.25. The van der Waals surface area contributed by atoms with E-state index in [9.17, 15) is 22.8 Å². The highest BCUT2D eigenvalue weighted by molar-refractivity contribution is 7.92. The highest BCUT2D eigenvalue weighted by Crippen LogP contribution is 2.38. The van der Waals surface area contributed by atoms with E-state index in [0.717, 1.165) is 16.1 Å².